The molecule has 0 saturated carbocycles. The van der Waals surface area contributed by atoms with Gasteiger partial charge in [-0.1, -0.05) is 17.7 Å². The number of nitrogens with zero attached hydrogens (tertiary/aromatic N) is 6. The van der Waals surface area contributed by atoms with E-state index in [0.29, 0.717) is 48.2 Å². The monoisotopic (exact) mass is 444 g/mol. The zero-order chi connectivity index (χ0) is 21.5. The molecule has 2 aromatic carbocycles. The second-order valence-corrected chi connectivity index (χ2v) is 7.61. The summed E-state index contributed by atoms with van der Waals surface area (Å²) in [5.41, 5.74) is 1.55. The Balaban J connectivity index is 1.41. The number of halogens is 4. The van der Waals surface area contributed by atoms with Crippen LogP contribution in [0.2, 0.25) is 5.15 Å². The standard InChI is InChI=1S/C21H16ClF3N6/c22-19-11-29(12-26-19)18-5-2-13(8-17(18)25)9-20-27-21-30(6-1-7-31(21)28-20)14-3-4-15(23)16(24)10-14/h2-5,8,10-12H,1,6-7,9H2. The summed E-state index contributed by atoms with van der Waals surface area (Å²) < 4.78 is 44.9. The third-order valence-corrected chi connectivity index (χ3v) is 5.30. The Bertz CT molecular complexity index is 1270. The van der Waals surface area contributed by atoms with Crippen molar-refractivity contribution in [1.29, 1.82) is 0 Å². The average Bonchev–Trinajstić information content (AvgIpc) is 3.35. The third kappa shape index (κ3) is 3.76. The van der Waals surface area contributed by atoms with Crippen LogP contribution in [-0.4, -0.2) is 30.9 Å². The highest BCUT2D eigenvalue weighted by molar-refractivity contribution is 6.29. The van der Waals surface area contributed by atoms with Crippen LogP contribution in [0.4, 0.5) is 24.8 Å². The maximum absolute atomic E-state index is 14.6. The van der Waals surface area contributed by atoms with E-state index in [-0.39, 0.29) is 5.15 Å². The molecule has 0 N–H and O–H groups in total. The Morgan fingerprint density at radius 3 is 2.58 bits per heavy atom. The summed E-state index contributed by atoms with van der Waals surface area (Å²) >= 11 is 5.81. The van der Waals surface area contributed by atoms with Crippen LogP contribution in [-0.2, 0) is 13.0 Å². The molecule has 10 heteroatoms. The first kappa shape index (κ1) is 19.6. The van der Waals surface area contributed by atoms with Gasteiger partial charge in [-0.15, -0.1) is 0 Å². The summed E-state index contributed by atoms with van der Waals surface area (Å²) in [6, 6.07) is 8.62. The van der Waals surface area contributed by atoms with Gasteiger partial charge in [0.25, 0.3) is 0 Å². The summed E-state index contributed by atoms with van der Waals surface area (Å²) in [6.45, 7) is 1.27. The maximum atomic E-state index is 14.6. The molecule has 1 aliphatic heterocycles. The third-order valence-electron chi connectivity index (χ3n) is 5.11. The first-order valence-electron chi connectivity index (χ1n) is 9.62. The Kier molecular flexibility index (Phi) is 4.90. The van der Waals surface area contributed by atoms with Crippen molar-refractivity contribution in [2.75, 3.05) is 11.4 Å². The van der Waals surface area contributed by atoms with Crippen molar-refractivity contribution in [2.24, 2.45) is 0 Å². The number of anilines is 2. The Morgan fingerprint density at radius 2 is 1.84 bits per heavy atom. The van der Waals surface area contributed by atoms with Gasteiger partial charge >= 0.3 is 0 Å². The number of aromatic nitrogens is 5. The topological polar surface area (TPSA) is 51.8 Å². The molecule has 6 nitrogen and oxygen atoms in total. The van der Waals surface area contributed by atoms with Crippen LogP contribution in [0, 0.1) is 17.5 Å². The molecule has 0 spiro atoms. The second-order valence-electron chi connectivity index (χ2n) is 7.22. The molecule has 31 heavy (non-hydrogen) atoms. The van der Waals surface area contributed by atoms with Crippen LogP contribution in [0.3, 0.4) is 0 Å². The lowest BCUT2D eigenvalue weighted by Crippen LogP contribution is -2.28. The van der Waals surface area contributed by atoms with E-state index in [1.54, 1.807) is 21.7 Å². The van der Waals surface area contributed by atoms with E-state index in [2.05, 4.69) is 15.1 Å². The van der Waals surface area contributed by atoms with Gasteiger partial charge in [0.05, 0.1) is 5.69 Å². The van der Waals surface area contributed by atoms with E-state index in [9.17, 15) is 13.2 Å². The van der Waals surface area contributed by atoms with Gasteiger partial charge in [-0.05, 0) is 36.2 Å². The van der Waals surface area contributed by atoms with Gasteiger partial charge in [-0.2, -0.15) is 10.1 Å². The van der Waals surface area contributed by atoms with Crippen molar-refractivity contribution in [3.8, 4) is 5.69 Å². The molecular formula is C21H16ClF3N6. The minimum Gasteiger partial charge on any atom is -0.311 e. The Labute approximate surface area is 180 Å². The van der Waals surface area contributed by atoms with Crippen molar-refractivity contribution < 1.29 is 13.2 Å². The molecule has 0 amide bonds. The summed E-state index contributed by atoms with van der Waals surface area (Å²) in [4.78, 5) is 10.3. The molecule has 158 valence electrons. The SMILES string of the molecule is Fc1ccc(N2CCCn3nc(Cc4ccc(-n5cnc(Cl)c5)c(F)c4)nc32)cc1F. The predicted molar refractivity (Wildman–Crippen MR) is 109 cm³/mol. The van der Waals surface area contributed by atoms with Gasteiger partial charge in [0.2, 0.25) is 5.95 Å². The smallest absolute Gasteiger partial charge is 0.228 e. The van der Waals surface area contributed by atoms with Crippen LogP contribution in [0.15, 0.2) is 48.9 Å². The number of fused-ring (bicyclic) bond motifs is 1. The van der Waals surface area contributed by atoms with Gasteiger partial charge < -0.3 is 9.47 Å². The van der Waals surface area contributed by atoms with E-state index in [4.69, 9.17) is 11.6 Å². The molecule has 0 atom stereocenters. The summed E-state index contributed by atoms with van der Waals surface area (Å²) in [5.74, 6) is -1.16. The minimum atomic E-state index is -0.913. The summed E-state index contributed by atoms with van der Waals surface area (Å²) in [7, 11) is 0. The Morgan fingerprint density at radius 1 is 0.968 bits per heavy atom. The van der Waals surface area contributed by atoms with Crippen molar-refractivity contribution in [3.63, 3.8) is 0 Å². The highest BCUT2D eigenvalue weighted by Gasteiger charge is 2.23. The fourth-order valence-corrected chi connectivity index (χ4v) is 3.81. The normalized spacial score (nSPS) is 13.5. The first-order valence-corrected chi connectivity index (χ1v) is 10.0. The number of rotatable bonds is 4. The van der Waals surface area contributed by atoms with Crippen molar-refractivity contribution in [1.82, 2.24) is 24.3 Å². The molecule has 0 fully saturated rings. The number of hydrogen-bond donors (Lipinski definition) is 0. The van der Waals surface area contributed by atoms with Crippen LogP contribution in [0.1, 0.15) is 17.8 Å². The van der Waals surface area contributed by atoms with Gasteiger partial charge in [0.1, 0.15) is 17.3 Å². The van der Waals surface area contributed by atoms with Crippen LogP contribution in [0.5, 0.6) is 0 Å². The van der Waals surface area contributed by atoms with Crippen LogP contribution in [0.25, 0.3) is 5.69 Å². The molecular weight excluding hydrogens is 429 g/mol. The molecule has 0 aliphatic carbocycles. The van der Waals surface area contributed by atoms with Crippen molar-refractivity contribution in [3.05, 3.63) is 82.9 Å². The van der Waals surface area contributed by atoms with Gasteiger partial charge in [-0.3, -0.25) is 0 Å². The maximum Gasteiger partial charge on any atom is 0.228 e. The molecule has 1 aliphatic rings. The van der Waals surface area contributed by atoms with Gasteiger partial charge in [-0.25, -0.2) is 22.8 Å². The lowest BCUT2D eigenvalue weighted by molar-refractivity contribution is 0.506. The largest absolute Gasteiger partial charge is 0.311 e. The lowest BCUT2D eigenvalue weighted by Gasteiger charge is -2.27. The number of hydrogen-bond acceptors (Lipinski definition) is 4. The van der Waals surface area contributed by atoms with E-state index in [1.807, 2.05) is 0 Å². The summed E-state index contributed by atoms with van der Waals surface area (Å²) in [5, 5.41) is 4.80. The van der Waals surface area contributed by atoms with E-state index in [0.717, 1.165) is 18.6 Å². The van der Waals surface area contributed by atoms with Crippen molar-refractivity contribution >= 4 is 23.2 Å². The minimum absolute atomic E-state index is 0.279. The van der Waals surface area contributed by atoms with E-state index < -0.39 is 17.5 Å². The summed E-state index contributed by atoms with van der Waals surface area (Å²) in [6.07, 6.45) is 4.08. The molecule has 0 bridgehead atoms. The van der Waals surface area contributed by atoms with Crippen LogP contribution < -0.4 is 4.90 Å². The molecule has 4 aromatic rings. The first-order chi connectivity index (χ1) is 15.0. The molecule has 0 saturated heterocycles. The number of aryl methyl sites for hydroxylation is 1. The van der Waals surface area contributed by atoms with Crippen LogP contribution >= 0.6 is 11.6 Å². The fraction of sp³-hybridized carbons (Fsp3) is 0.190. The predicted octanol–water partition coefficient (Wildman–Crippen LogP) is 4.67. The van der Waals surface area contributed by atoms with E-state index in [1.165, 1.54) is 29.2 Å². The fourth-order valence-electron chi connectivity index (χ4n) is 3.66. The number of benzene rings is 2. The molecule has 0 unspecified atom stereocenters. The molecule has 0 radical (unpaired) electrons. The Hall–Kier alpha value is -3.33. The van der Waals surface area contributed by atoms with Crippen molar-refractivity contribution in [2.45, 2.75) is 19.4 Å². The zero-order valence-corrected chi connectivity index (χ0v) is 16.9. The van der Waals surface area contributed by atoms with Gasteiger partial charge in [0, 0.05) is 37.5 Å². The highest BCUT2D eigenvalue weighted by Crippen LogP contribution is 2.29. The molecule has 3 heterocycles. The molecule has 2 aromatic heterocycles. The zero-order valence-electron chi connectivity index (χ0n) is 16.1. The second kappa shape index (κ2) is 7.73. The number of imidazole rings is 1. The van der Waals surface area contributed by atoms with Gasteiger partial charge in [0.15, 0.2) is 17.5 Å². The molecule has 5 rings (SSSR count). The average molecular weight is 445 g/mol. The highest BCUT2D eigenvalue weighted by atomic mass is 35.5. The quantitative estimate of drug-likeness (QED) is 0.459. The lowest BCUT2D eigenvalue weighted by atomic mass is 10.1. The van der Waals surface area contributed by atoms with E-state index >= 15 is 0 Å².